The summed E-state index contributed by atoms with van der Waals surface area (Å²) in [5.74, 6) is -3.19. The van der Waals surface area contributed by atoms with E-state index >= 15 is 0 Å². The zero-order valence-corrected chi connectivity index (χ0v) is 22.2. The van der Waals surface area contributed by atoms with Crippen LogP contribution in [-0.4, -0.2) is 55.9 Å². The largest absolute Gasteiger partial charge is 0.494 e. The van der Waals surface area contributed by atoms with Gasteiger partial charge in [-0.3, -0.25) is 9.48 Å². The minimum atomic E-state index is -1.01. The normalized spacial score (nSPS) is 15.2. The molecule has 1 amide bonds. The van der Waals surface area contributed by atoms with Crippen molar-refractivity contribution in [3.8, 4) is 23.1 Å². The van der Waals surface area contributed by atoms with Gasteiger partial charge in [-0.2, -0.15) is 9.49 Å². The second-order valence-corrected chi connectivity index (χ2v) is 10.2. The quantitative estimate of drug-likeness (QED) is 0.320. The molecule has 3 N–H and O–H groups in total. The van der Waals surface area contributed by atoms with Crippen LogP contribution in [0.25, 0.3) is 0 Å². The first-order chi connectivity index (χ1) is 18.5. The van der Waals surface area contributed by atoms with Crippen LogP contribution >= 0.6 is 0 Å². The van der Waals surface area contributed by atoms with Crippen LogP contribution in [0.2, 0.25) is 0 Å². The monoisotopic (exact) mass is 548 g/mol. The van der Waals surface area contributed by atoms with Crippen molar-refractivity contribution < 1.29 is 38.0 Å². The fourth-order valence-electron chi connectivity index (χ4n) is 4.51. The molecule has 0 spiro atoms. The van der Waals surface area contributed by atoms with Crippen LogP contribution < -0.4 is 14.8 Å². The van der Waals surface area contributed by atoms with Crippen molar-refractivity contribution in [1.82, 2.24) is 14.3 Å². The number of nitrogens with zero attached hydrogens (tertiary/aromatic N) is 3. The van der Waals surface area contributed by atoms with Gasteiger partial charge in [0.2, 0.25) is 17.5 Å². The van der Waals surface area contributed by atoms with Gasteiger partial charge >= 0.3 is 0 Å². The molecule has 4 rings (SSSR count). The molecule has 1 atom stereocenters. The number of anilines is 1. The van der Waals surface area contributed by atoms with E-state index in [1.54, 1.807) is 33.0 Å². The molecule has 2 aromatic heterocycles. The zero-order chi connectivity index (χ0) is 28.2. The summed E-state index contributed by atoms with van der Waals surface area (Å²) in [4.78, 5) is 13.5. The number of hydrogen-bond acceptors (Lipinski definition) is 7. The Balaban J connectivity index is 1.58. The highest BCUT2D eigenvalue weighted by atomic mass is 19.1. The van der Waals surface area contributed by atoms with Crippen molar-refractivity contribution >= 4 is 11.7 Å². The number of carbonyl (C=O) groups is 1. The van der Waals surface area contributed by atoms with E-state index in [0.29, 0.717) is 19.6 Å². The Labute approximate surface area is 225 Å². The third-order valence-corrected chi connectivity index (χ3v) is 6.31. The highest BCUT2D eigenvalue weighted by Gasteiger charge is 2.29. The third-order valence-electron chi connectivity index (χ3n) is 6.31. The van der Waals surface area contributed by atoms with Gasteiger partial charge in [-0.1, -0.05) is 0 Å². The van der Waals surface area contributed by atoms with Crippen LogP contribution in [0.3, 0.4) is 0 Å². The number of hydrogen-bond donors (Lipinski definition) is 3. The second kappa shape index (κ2) is 12.0. The average molecular weight is 549 g/mol. The number of halogens is 2. The highest BCUT2D eigenvalue weighted by Crippen LogP contribution is 2.37. The van der Waals surface area contributed by atoms with Gasteiger partial charge in [0, 0.05) is 31.5 Å². The van der Waals surface area contributed by atoms with Crippen molar-refractivity contribution in [3.05, 3.63) is 48.3 Å². The summed E-state index contributed by atoms with van der Waals surface area (Å²) in [6.45, 7) is 6.51. The van der Waals surface area contributed by atoms with Crippen molar-refractivity contribution in [1.29, 1.82) is 0 Å². The minimum absolute atomic E-state index is 0.0572. The number of nitrogens with one attached hydrogen (secondary N) is 1. The number of aromatic nitrogens is 3. The summed E-state index contributed by atoms with van der Waals surface area (Å²) >= 11 is 0. The smallest absolute Gasteiger partial charge is 0.248 e. The summed E-state index contributed by atoms with van der Waals surface area (Å²) in [7, 11) is 0. The predicted octanol–water partition coefficient (Wildman–Crippen LogP) is 4.63. The summed E-state index contributed by atoms with van der Waals surface area (Å²) in [5.41, 5.74) is -0.993. The maximum absolute atomic E-state index is 14.8. The van der Waals surface area contributed by atoms with Gasteiger partial charge in [0.05, 0.1) is 24.9 Å². The van der Waals surface area contributed by atoms with E-state index in [4.69, 9.17) is 14.2 Å². The molecule has 0 aliphatic carbocycles. The van der Waals surface area contributed by atoms with E-state index in [2.05, 4.69) is 10.4 Å². The molecule has 0 unspecified atom stereocenters. The van der Waals surface area contributed by atoms with Crippen molar-refractivity contribution in [2.45, 2.75) is 58.2 Å². The molecule has 0 bridgehead atoms. The second-order valence-electron chi connectivity index (χ2n) is 10.2. The van der Waals surface area contributed by atoms with E-state index < -0.39 is 34.9 Å². The number of aromatic hydroxyl groups is 1. The fraction of sp³-hybridized carbons (Fsp3) is 0.481. The number of rotatable bonds is 11. The molecule has 39 heavy (non-hydrogen) atoms. The van der Waals surface area contributed by atoms with Gasteiger partial charge in [-0.15, -0.1) is 0 Å². The number of amides is 1. The lowest BCUT2D eigenvalue weighted by atomic mass is 9.92. The topological polar surface area (TPSA) is 120 Å². The Morgan fingerprint density at radius 2 is 2.03 bits per heavy atom. The molecular formula is C27H34F2N4O6. The first kappa shape index (κ1) is 28.4. The Hall–Kier alpha value is -3.64. The molecule has 1 aromatic carbocycles. The van der Waals surface area contributed by atoms with Gasteiger partial charge < -0.3 is 34.3 Å². The molecule has 1 aliphatic heterocycles. The summed E-state index contributed by atoms with van der Waals surface area (Å²) in [5, 5.41) is 27.9. The Morgan fingerprint density at radius 1 is 1.28 bits per heavy atom. The number of aliphatic hydroxyl groups is 1. The fourth-order valence-corrected chi connectivity index (χ4v) is 4.51. The van der Waals surface area contributed by atoms with Crippen molar-refractivity contribution in [2.75, 3.05) is 25.1 Å². The van der Waals surface area contributed by atoms with Gasteiger partial charge in [0.25, 0.3) is 0 Å². The van der Waals surface area contributed by atoms with Crippen molar-refractivity contribution in [2.24, 2.45) is 5.92 Å². The van der Waals surface area contributed by atoms with Crippen LogP contribution in [0.1, 0.15) is 46.1 Å². The number of carbonyl (C=O) groups excluding carboxylic acids is 1. The van der Waals surface area contributed by atoms with Crippen LogP contribution in [0.5, 0.6) is 23.1 Å². The summed E-state index contributed by atoms with van der Waals surface area (Å²) in [6.07, 6.45) is 4.84. The molecule has 1 aliphatic rings. The SMILES string of the molecule is CCOc1ccc(F)c(Oc2cc(O)n([C@H](CC3CCOCC3)C(=O)Nc3ccn(CC(C)(C)O)n3)c2)c1F. The maximum Gasteiger partial charge on any atom is 0.248 e. The molecule has 10 nitrogen and oxygen atoms in total. The van der Waals surface area contributed by atoms with Crippen LogP contribution in [-0.2, 0) is 16.1 Å². The van der Waals surface area contributed by atoms with E-state index in [1.807, 2.05) is 0 Å². The van der Waals surface area contributed by atoms with Gasteiger partial charge in [-0.25, -0.2) is 4.39 Å². The van der Waals surface area contributed by atoms with E-state index in [1.165, 1.54) is 27.6 Å². The Morgan fingerprint density at radius 3 is 2.72 bits per heavy atom. The molecule has 0 saturated carbocycles. The first-order valence-corrected chi connectivity index (χ1v) is 12.9. The molecule has 3 aromatic rings. The highest BCUT2D eigenvalue weighted by molar-refractivity contribution is 5.93. The van der Waals surface area contributed by atoms with Crippen LogP contribution in [0, 0.1) is 17.6 Å². The minimum Gasteiger partial charge on any atom is -0.494 e. The Kier molecular flexibility index (Phi) is 8.76. The molecule has 12 heteroatoms. The lowest BCUT2D eigenvalue weighted by Crippen LogP contribution is -2.30. The molecule has 1 saturated heterocycles. The first-order valence-electron chi connectivity index (χ1n) is 12.9. The molecule has 0 radical (unpaired) electrons. The van der Waals surface area contributed by atoms with Crippen molar-refractivity contribution in [3.63, 3.8) is 0 Å². The molecule has 1 fully saturated rings. The lowest BCUT2D eigenvalue weighted by molar-refractivity contribution is -0.120. The number of ether oxygens (including phenoxy) is 3. The van der Waals surface area contributed by atoms with Gasteiger partial charge in [0.15, 0.2) is 23.3 Å². The lowest BCUT2D eigenvalue weighted by Gasteiger charge is -2.27. The standard InChI is InChI=1S/C27H34F2N4O6/c1-4-38-21-6-5-19(28)25(24(21)29)39-18-14-23(34)33(15-18)20(13-17-8-11-37-12-9-17)26(35)30-22-7-10-32(31-22)16-27(2,3)36/h5-7,10,14-15,17,20,34,36H,4,8-9,11-13,16H2,1-3H3,(H,30,31,35)/t20-/m1/s1. The van der Waals surface area contributed by atoms with E-state index in [9.17, 15) is 23.8 Å². The van der Waals surface area contributed by atoms with Crippen LogP contribution in [0.15, 0.2) is 36.7 Å². The summed E-state index contributed by atoms with van der Waals surface area (Å²) < 4.78 is 48.1. The predicted molar refractivity (Wildman–Crippen MR) is 138 cm³/mol. The number of benzene rings is 1. The summed E-state index contributed by atoms with van der Waals surface area (Å²) in [6, 6.07) is 4.11. The Bertz CT molecular complexity index is 1280. The third kappa shape index (κ3) is 7.27. The van der Waals surface area contributed by atoms with Gasteiger partial charge in [-0.05, 0) is 58.1 Å². The van der Waals surface area contributed by atoms with Gasteiger partial charge in [0.1, 0.15) is 11.8 Å². The molecule has 212 valence electrons. The average Bonchev–Trinajstić information content (AvgIpc) is 3.46. The zero-order valence-electron chi connectivity index (χ0n) is 22.2. The van der Waals surface area contributed by atoms with Crippen LogP contribution in [0.4, 0.5) is 14.6 Å². The van der Waals surface area contributed by atoms with E-state index in [-0.39, 0.29) is 42.3 Å². The molecular weight excluding hydrogens is 514 g/mol. The van der Waals surface area contributed by atoms with E-state index in [0.717, 1.165) is 18.9 Å². The molecule has 3 heterocycles. The maximum atomic E-state index is 14.8.